The fraction of sp³-hybridized carbons (Fsp3) is 0.533. The molecule has 2 saturated heterocycles. The van der Waals surface area contributed by atoms with Crippen LogP contribution in [-0.2, 0) is 6.54 Å². The van der Waals surface area contributed by atoms with E-state index in [9.17, 15) is 5.26 Å². The summed E-state index contributed by atoms with van der Waals surface area (Å²) in [5, 5.41) is 9.22. The minimum Gasteiger partial charge on any atom is -0.281 e. The van der Waals surface area contributed by atoms with E-state index in [0.29, 0.717) is 0 Å². The molecule has 2 nitrogen and oxygen atoms in total. The Balaban J connectivity index is 0.000000514. The predicted octanol–water partition coefficient (Wildman–Crippen LogP) is 3.20. The summed E-state index contributed by atoms with van der Waals surface area (Å²) in [7, 11) is 0. The van der Waals surface area contributed by atoms with Crippen LogP contribution in [0.3, 0.4) is 0 Å². The Morgan fingerprint density at radius 3 is 2.53 bits per heavy atom. The van der Waals surface area contributed by atoms with Crippen LogP contribution >= 0.6 is 0 Å². The first-order valence-electron chi connectivity index (χ1n) is 6.53. The Morgan fingerprint density at radius 2 is 1.94 bits per heavy atom. The van der Waals surface area contributed by atoms with Crippen molar-refractivity contribution < 1.29 is 0 Å². The summed E-state index contributed by atoms with van der Waals surface area (Å²) in [6.07, 6.45) is 2.19. The maximum absolute atomic E-state index is 9.22. The lowest BCUT2D eigenvalue weighted by molar-refractivity contribution is 0.164. The number of benzene rings is 1. The predicted molar refractivity (Wildman–Crippen MR) is 69.3 cm³/mol. The third kappa shape index (κ3) is 2.08. The van der Waals surface area contributed by atoms with E-state index in [1.54, 1.807) is 0 Å². The van der Waals surface area contributed by atoms with E-state index in [-0.39, 0.29) is 5.54 Å². The summed E-state index contributed by atoms with van der Waals surface area (Å²) in [6.45, 7) is 6.05. The molecule has 0 aromatic heterocycles. The van der Waals surface area contributed by atoms with Crippen molar-refractivity contribution in [3.63, 3.8) is 0 Å². The summed E-state index contributed by atoms with van der Waals surface area (Å²) in [4.78, 5) is 2.35. The van der Waals surface area contributed by atoms with E-state index in [1.807, 2.05) is 19.9 Å². The second-order valence-electron chi connectivity index (χ2n) is 4.78. The number of hydrogen-bond donors (Lipinski definition) is 0. The van der Waals surface area contributed by atoms with Gasteiger partial charge in [0.1, 0.15) is 5.54 Å². The third-order valence-electron chi connectivity index (χ3n) is 3.76. The van der Waals surface area contributed by atoms with Gasteiger partial charge in [0.2, 0.25) is 0 Å². The summed E-state index contributed by atoms with van der Waals surface area (Å²) in [5.74, 6) is 0.786. The van der Waals surface area contributed by atoms with Gasteiger partial charge in [-0.25, -0.2) is 0 Å². The third-order valence-corrected chi connectivity index (χ3v) is 3.76. The fourth-order valence-electron chi connectivity index (χ4n) is 2.95. The SMILES string of the molecule is CC.N#CC12CC(CN1Cc1ccccc1)C2. The fourth-order valence-corrected chi connectivity index (χ4v) is 2.95. The Kier molecular flexibility index (Phi) is 3.49. The normalized spacial score (nSPS) is 29.8. The lowest BCUT2D eigenvalue weighted by Gasteiger charge is -2.35. The first-order valence-corrected chi connectivity index (χ1v) is 6.53. The van der Waals surface area contributed by atoms with E-state index in [0.717, 1.165) is 31.8 Å². The maximum atomic E-state index is 9.22. The zero-order chi connectivity index (χ0) is 12.3. The van der Waals surface area contributed by atoms with E-state index >= 15 is 0 Å². The minimum atomic E-state index is -0.111. The van der Waals surface area contributed by atoms with Crippen LogP contribution in [0.5, 0.6) is 0 Å². The molecule has 1 aliphatic carbocycles. The zero-order valence-electron chi connectivity index (χ0n) is 10.7. The molecule has 17 heavy (non-hydrogen) atoms. The van der Waals surface area contributed by atoms with Gasteiger partial charge in [-0.1, -0.05) is 44.2 Å². The molecule has 1 aromatic rings. The number of fused-ring (bicyclic) bond motifs is 1. The standard InChI is InChI=1S/C13H14N2.C2H6/c14-10-13-6-12(7-13)9-15(13)8-11-4-2-1-3-5-11;1-2/h1-5,12H,6-9H2;1-2H3. The van der Waals surface area contributed by atoms with Gasteiger partial charge in [0.05, 0.1) is 6.07 Å². The molecule has 0 unspecified atom stereocenters. The van der Waals surface area contributed by atoms with Gasteiger partial charge >= 0.3 is 0 Å². The minimum absolute atomic E-state index is 0.111. The number of nitrogens with zero attached hydrogens (tertiary/aromatic N) is 2. The number of nitriles is 1. The quantitative estimate of drug-likeness (QED) is 0.777. The Labute approximate surface area is 104 Å². The molecule has 2 aliphatic heterocycles. The van der Waals surface area contributed by atoms with Gasteiger partial charge < -0.3 is 0 Å². The van der Waals surface area contributed by atoms with Gasteiger partial charge in [0.25, 0.3) is 0 Å². The van der Waals surface area contributed by atoms with Crippen LogP contribution in [0.1, 0.15) is 32.3 Å². The lowest BCUT2D eigenvalue weighted by Crippen LogP contribution is -2.43. The van der Waals surface area contributed by atoms with Crippen molar-refractivity contribution >= 4 is 0 Å². The van der Waals surface area contributed by atoms with Gasteiger partial charge in [-0.3, -0.25) is 4.90 Å². The first kappa shape index (κ1) is 12.1. The zero-order valence-corrected chi connectivity index (χ0v) is 10.7. The summed E-state index contributed by atoms with van der Waals surface area (Å²) < 4.78 is 0. The van der Waals surface area contributed by atoms with Crippen LogP contribution in [0.25, 0.3) is 0 Å². The molecule has 2 heteroatoms. The smallest absolute Gasteiger partial charge is 0.110 e. The Bertz CT molecular complexity index is 399. The Morgan fingerprint density at radius 1 is 1.29 bits per heavy atom. The lowest BCUT2D eigenvalue weighted by atomic mass is 9.74. The number of rotatable bonds is 2. The van der Waals surface area contributed by atoms with Crippen LogP contribution in [-0.4, -0.2) is 17.0 Å². The second-order valence-corrected chi connectivity index (χ2v) is 4.78. The Hall–Kier alpha value is -1.33. The van der Waals surface area contributed by atoms with E-state index in [2.05, 4.69) is 35.2 Å². The average molecular weight is 228 g/mol. The summed E-state index contributed by atoms with van der Waals surface area (Å²) in [6, 6.07) is 12.9. The molecule has 2 heterocycles. The highest BCUT2D eigenvalue weighted by Gasteiger charge is 2.56. The van der Waals surface area contributed by atoms with Crippen LogP contribution in [0, 0.1) is 17.2 Å². The van der Waals surface area contributed by atoms with Gasteiger partial charge in [-0.05, 0) is 24.3 Å². The maximum Gasteiger partial charge on any atom is 0.110 e. The molecule has 2 bridgehead atoms. The van der Waals surface area contributed by atoms with Crippen LogP contribution in [0.2, 0.25) is 0 Å². The average Bonchev–Trinajstić information content (AvgIpc) is 2.86. The summed E-state index contributed by atoms with van der Waals surface area (Å²) in [5.41, 5.74) is 1.21. The monoisotopic (exact) mass is 228 g/mol. The molecule has 0 spiro atoms. The number of hydrogen-bond acceptors (Lipinski definition) is 2. The highest BCUT2D eigenvalue weighted by Crippen LogP contribution is 2.50. The largest absolute Gasteiger partial charge is 0.281 e. The van der Waals surface area contributed by atoms with Crippen LogP contribution in [0.15, 0.2) is 30.3 Å². The molecule has 0 N–H and O–H groups in total. The van der Waals surface area contributed by atoms with E-state index < -0.39 is 0 Å². The van der Waals surface area contributed by atoms with Gasteiger partial charge in [-0.2, -0.15) is 5.26 Å². The topological polar surface area (TPSA) is 27.0 Å². The second kappa shape index (κ2) is 4.89. The van der Waals surface area contributed by atoms with Crippen molar-refractivity contribution in [3.05, 3.63) is 35.9 Å². The highest BCUT2D eigenvalue weighted by molar-refractivity contribution is 5.24. The van der Waals surface area contributed by atoms with Crippen molar-refractivity contribution in [2.75, 3.05) is 6.54 Å². The molecule has 4 rings (SSSR count). The summed E-state index contributed by atoms with van der Waals surface area (Å²) >= 11 is 0. The van der Waals surface area contributed by atoms with Gasteiger partial charge in [-0.15, -0.1) is 0 Å². The molecular weight excluding hydrogens is 208 g/mol. The van der Waals surface area contributed by atoms with Crippen LogP contribution < -0.4 is 0 Å². The highest BCUT2D eigenvalue weighted by atomic mass is 15.3. The molecule has 0 radical (unpaired) electrons. The van der Waals surface area contributed by atoms with Crippen molar-refractivity contribution in [1.82, 2.24) is 4.90 Å². The van der Waals surface area contributed by atoms with E-state index in [4.69, 9.17) is 0 Å². The van der Waals surface area contributed by atoms with Crippen molar-refractivity contribution in [1.29, 1.82) is 5.26 Å². The van der Waals surface area contributed by atoms with Gasteiger partial charge in [0, 0.05) is 13.1 Å². The van der Waals surface area contributed by atoms with E-state index in [1.165, 1.54) is 5.56 Å². The molecule has 90 valence electrons. The molecule has 1 aromatic carbocycles. The van der Waals surface area contributed by atoms with Crippen LogP contribution in [0.4, 0.5) is 0 Å². The molecule has 0 atom stereocenters. The molecule has 3 aliphatic rings. The molecule has 1 saturated carbocycles. The first-order chi connectivity index (χ1) is 8.32. The van der Waals surface area contributed by atoms with Crippen molar-refractivity contribution in [3.8, 4) is 6.07 Å². The van der Waals surface area contributed by atoms with Crippen molar-refractivity contribution in [2.45, 2.75) is 38.8 Å². The van der Waals surface area contributed by atoms with Gasteiger partial charge in [0.15, 0.2) is 0 Å². The van der Waals surface area contributed by atoms with Crippen molar-refractivity contribution in [2.24, 2.45) is 5.92 Å². The molecule has 3 fully saturated rings. The molecule has 0 amide bonds. The molecular formula is C15H20N2.